The second kappa shape index (κ2) is 3.27. The molecule has 6 heteroatoms. The maximum atomic E-state index is 10.9. The van der Waals surface area contributed by atoms with Crippen molar-refractivity contribution in [2.24, 2.45) is 0 Å². The summed E-state index contributed by atoms with van der Waals surface area (Å²) in [5.74, 6) is 0. The monoisotopic (exact) mass is 259 g/mol. The number of halogens is 1. The standard InChI is InChI=1S/C8H10BrN3O2/c1-5-3-12-6(2-7(9)10-12)4-11(5)8(13)14/h2,5H,3-4H2,1H3,(H,13,14)/t5-/m1/s1. The number of rotatable bonds is 0. The van der Waals surface area contributed by atoms with Crippen molar-refractivity contribution in [3.63, 3.8) is 0 Å². The summed E-state index contributed by atoms with van der Waals surface area (Å²) in [6.07, 6.45) is -0.874. The number of amides is 1. The third-order valence-corrected chi connectivity index (χ3v) is 2.77. The minimum atomic E-state index is -0.874. The quantitative estimate of drug-likeness (QED) is 0.769. The molecule has 1 aromatic heterocycles. The van der Waals surface area contributed by atoms with Crippen molar-refractivity contribution < 1.29 is 9.90 Å². The first-order valence-electron chi connectivity index (χ1n) is 4.29. The molecule has 1 amide bonds. The number of aromatic nitrogens is 2. The molecule has 5 nitrogen and oxygen atoms in total. The van der Waals surface area contributed by atoms with Gasteiger partial charge in [-0.15, -0.1) is 0 Å². The fraction of sp³-hybridized carbons (Fsp3) is 0.500. The van der Waals surface area contributed by atoms with Crippen LogP contribution in [0.25, 0.3) is 0 Å². The van der Waals surface area contributed by atoms with Gasteiger partial charge in [0.25, 0.3) is 0 Å². The van der Waals surface area contributed by atoms with Gasteiger partial charge in [0.05, 0.1) is 24.8 Å². The molecule has 2 rings (SSSR count). The summed E-state index contributed by atoms with van der Waals surface area (Å²) in [7, 11) is 0. The summed E-state index contributed by atoms with van der Waals surface area (Å²) in [4.78, 5) is 12.3. The van der Waals surface area contributed by atoms with Crippen molar-refractivity contribution in [1.29, 1.82) is 0 Å². The van der Waals surface area contributed by atoms with E-state index < -0.39 is 6.09 Å². The van der Waals surface area contributed by atoms with Gasteiger partial charge in [0.2, 0.25) is 0 Å². The number of carbonyl (C=O) groups is 1. The SMILES string of the molecule is C[C@@H]1Cn2nc(Br)cc2CN1C(=O)O. The van der Waals surface area contributed by atoms with E-state index >= 15 is 0 Å². The van der Waals surface area contributed by atoms with Crippen LogP contribution in [0.3, 0.4) is 0 Å². The zero-order chi connectivity index (χ0) is 10.3. The third kappa shape index (κ3) is 1.50. The molecule has 1 aliphatic rings. The molecule has 0 spiro atoms. The van der Waals surface area contributed by atoms with E-state index in [-0.39, 0.29) is 6.04 Å². The van der Waals surface area contributed by atoms with Crippen molar-refractivity contribution in [3.8, 4) is 0 Å². The van der Waals surface area contributed by atoms with E-state index in [1.165, 1.54) is 4.90 Å². The van der Waals surface area contributed by atoms with Crippen LogP contribution in [-0.2, 0) is 13.1 Å². The molecule has 14 heavy (non-hydrogen) atoms. The summed E-state index contributed by atoms with van der Waals surface area (Å²) in [5, 5.41) is 13.1. The Morgan fingerprint density at radius 2 is 2.50 bits per heavy atom. The fourth-order valence-corrected chi connectivity index (χ4v) is 2.10. The average molecular weight is 260 g/mol. The molecule has 0 bridgehead atoms. The number of fused-ring (bicyclic) bond motifs is 1. The highest BCUT2D eigenvalue weighted by molar-refractivity contribution is 9.10. The largest absolute Gasteiger partial charge is 0.465 e. The van der Waals surface area contributed by atoms with Gasteiger partial charge in [0.15, 0.2) is 0 Å². The van der Waals surface area contributed by atoms with Gasteiger partial charge in [-0.05, 0) is 28.9 Å². The lowest BCUT2D eigenvalue weighted by Gasteiger charge is -2.31. The van der Waals surface area contributed by atoms with Crippen molar-refractivity contribution >= 4 is 22.0 Å². The first-order valence-corrected chi connectivity index (χ1v) is 5.09. The second-order valence-corrected chi connectivity index (χ2v) is 4.21. The van der Waals surface area contributed by atoms with E-state index in [1.807, 2.05) is 17.7 Å². The molecular formula is C8H10BrN3O2. The molecule has 2 heterocycles. The smallest absolute Gasteiger partial charge is 0.407 e. The average Bonchev–Trinajstić information content (AvgIpc) is 2.42. The predicted octanol–water partition coefficient (Wildman–Crippen LogP) is 1.53. The predicted molar refractivity (Wildman–Crippen MR) is 53.0 cm³/mol. The van der Waals surface area contributed by atoms with Crippen molar-refractivity contribution in [2.75, 3.05) is 0 Å². The normalized spacial score (nSPS) is 20.7. The van der Waals surface area contributed by atoms with Crippen LogP contribution >= 0.6 is 15.9 Å². The maximum absolute atomic E-state index is 10.9. The summed E-state index contributed by atoms with van der Waals surface area (Å²) in [6, 6.07) is 1.83. The van der Waals surface area contributed by atoms with E-state index in [0.717, 1.165) is 10.3 Å². The highest BCUT2D eigenvalue weighted by Gasteiger charge is 2.27. The first-order chi connectivity index (χ1) is 6.58. The van der Waals surface area contributed by atoms with Crippen LogP contribution < -0.4 is 0 Å². The highest BCUT2D eigenvalue weighted by atomic mass is 79.9. The van der Waals surface area contributed by atoms with E-state index in [9.17, 15) is 4.79 Å². The Balaban J connectivity index is 2.30. The summed E-state index contributed by atoms with van der Waals surface area (Å²) in [5.41, 5.74) is 0.928. The van der Waals surface area contributed by atoms with Gasteiger partial charge in [0, 0.05) is 0 Å². The highest BCUT2D eigenvalue weighted by Crippen LogP contribution is 2.20. The van der Waals surface area contributed by atoms with Crippen LogP contribution in [0.4, 0.5) is 4.79 Å². The third-order valence-electron chi connectivity index (χ3n) is 2.38. The molecule has 1 aliphatic heterocycles. The van der Waals surface area contributed by atoms with Crippen LogP contribution in [0.5, 0.6) is 0 Å². The van der Waals surface area contributed by atoms with E-state index in [4.69, 9.17) is 5.11 Å². The minimum Gasteiger partial charge on any atom is -0.465 e. The fourth-order valence-electron chi connectivity index (χ4n) is 1.64. The minimum absolute atomic E-state index is 0.0215. The van der Waals surface area contributed by atoms with Crippen molar-refractivity contribution in [3.05, 3.63) is 16.4 Å². The molecule has 1 atom stereocenters. The molecule has 0 fully saturated rings. The van der Waals surface area contributed by atoms with Gasteiger partial charge in [-0.3, -0.25) is 9.58 Å². The Bertz CT molecular complexity index is 377. The van der Waals surface area contributed by atoms with Gasteiger partial charge in [-0.25, -0.2) is 4.79 Å². The molecule has 1 aromatic rings. The number of nitrogens with zero attached hydrogens (tertiary/aromatic N) is 3. The van der Waals surface area contributed by atoms with Crippen LogP contribution in [0.2, 0.25) is 0 Å². The lowest BCUT2D eigenvalue weighted by molar-refractivity contribution is 0.105. The Morgan fingerprint density at radius 1 is 1.79 bits per heavy atom. The second-order valence-electron chi connectivity index (χ2n) is 3.40. The van der Waals surface area contributed by atoms with E-state index in [0.29, 0.717) is 13.1 Å². The zero-order valence-electron chi connectivity index (χ0n) is 7.64. The lowest BCUT2D eigenvalue weighted by atomic mass is 10.2. The molecule has 1 N–H and O–H groups in total. The Labute approximate surface area is 89.4 Å². The van der Waals surface area contributed by atoms with Crippen LogP contribution in [0.15, 0.2) is 10.7 Å². The van der Waals surface area contributed by atoms with Crippen molar-refractivity contribution in [2.45, 2.75) is 26.1 Å². The Morgan fingerprint density at radius 3 is 3.14 bits per heavy atom. The Hall–Kier alpha value is -1.04. The molecule has 0 aliphatic carbocycles. The molecule has 0 saturated carbocycles. The molecule has 0 unspecified atom stereocenters. The number of carboxylic acid groups (broad SMARTS) is 1. The lowest BCUT2D eigenvalue weighted by Crippen LogP contribution is -2.44. The molecule has 76 valence electrons. The topological polar surface area (TPSA) is 58.4 Å². The first kappa shape index (κ1) is 9.51. The van der Waals surface area contributed by atoms with Gasteiger partial charge >= 0.3 is 6.09 Å². The van der Waals surface area contributed by atoms with Crippen LogP contribution in [0, 0.1) is 0 Å². The number of hydrogen-bond donors (Lipinski definition) is 1. The van der Waals surface area contributed by atoms with Crippen molar-refractivity contribution in [1.82, 2.24) is 14.7 Å². The zero-order valence-corrected chi connectivity index (χ0v) is 9.23. The summed E-state index contributed by atoms with van der Waals surface area (Å²) >= 11 is 3.27. The van der Waals surface area contributed by atoms with Crippen LogP contribution in [-0.4, -0.2) is 31.9 Å². The summed E-state index contributed by atoms with van der Waals surface area (Å²) in [6.45, 7) is 2.91. The van der Waals surface area contributed by atoms with Gasteiger partial charge < -0.3 is 5.11 Å². The van der Waals surface area contributed by atoms with E-state index in [2.05, 4.69) is 21.0 Å². The van der Waals surface area contributed by atoms with Gasteiger partial charge in [0.1, 0.15) is 4.60 Å². The number of hydrogen-bond acceptors (Lipinski definition) is 2. The molecule has 0 radical (unpaired) electrons. The molecule has 0 aromatic carbocycles. The molecular weight excluding hydrogens is 250 g/mol. The van der Waals surface area contributed by atoms with E-state index in [1.54, 1.807) is 0 Å². The maximum Gasteiger partial charge on any atom is 0.407 e. The Kier molecular flexibility index (Phi) is 2.22. The van der Waals surface area contributed by atoms with Gasteiger partial charge in [-0.2, -0.15) is 5.10 Å². The molecule has 0 saturated heterocycles. The summed E-state index contributed by atoms with van der Waals surface area (Å²) < 4.78 is 2.60. The van der Waals surface area contributed by atoms with Gasteiger partial charge in [-0.1, -0.05) is 0 Å². The van der Waals surface area contributed by atoms with Crippen LogP contribution in [0.1, 0.15) is 12.6 Å².